The van der Waals surface area contributed by atoms with Gasteiger partial charge in [0.05, 0.1) is 15.7 Å². The summed E-state index contributed by atoms with van der Waals surface area (Å²) in [5.74, 6) is 0.173. The van der Waals surface area contributed by atoms with Gasteiger partial charge in [0.2, 0.25) is 0 Å². The van der Waals surface area contributed by atoms with Crippen molar-refractivity contribution in [1.29, 1.82) is 0 Å². The highest BCUT2D eigenvalue weighted by atomic mass is 32.2. The smallest absolute Gasteiger partial charge is 0.139 e. The summed E-state index contributed by atoms with van der Waals surface area (Å²) < 4.78 is 25.2. The molecule has 2 nitrogen and oxygen atoms in total. The highest BCUT2D eigenvalue weighted by molar-refractivity contribution is 7.85. The van der Waals surface area contributed by atoms with Crippen LogP contribution in [0.3, 0.4) is 0 Å². The van der Waals surface area contributed by atoms with Gasteiger partial charge >= 0.3 is 0 Å². The van der Waals surface area contributed by atoms with Crippen LogP contribution in [0.1, 0.15) is 26.2 Å². The maximum Gasteiger partial charge on any atom is 0.139 e. The lowest BCUT2D eigenvalue weighted by atomic mass is 10.1. The number of rotatable bonds is 7. The third-order valence-corrected chi connectivity index (χ3v) is 4.27. The summed E-state index contributed by atoms with van der Waals surface area (Å²) in [6.45, 7) is 2.12. The van der Waals surface area contributed by atoms with Crippen LogP contribution in [0.2, 0.25) is 0 Å². The molecule has 96 valence electrons. The van der Waals surface area contributed by atoms with Gasteiger partial charge in [-0.3, -0.25) is 4.21 Å². The molecule has 0 saturated heterocycles. The quantitative estimate of drug-likeness (QED) is 0.761. The first-order valence-electron chi connectivity index (χ1n) is 5.95. The first kappa shape index (κ1) is 14.3. The van der Waals surface area contributed by atoms with Crippen molar-refractivity contribution in [2.75, 3.05) is 12.8 Å². The lowest BCUT2D eigenvalue weighted by Crippen LogP contribution is -2.20. The summed E-state index contributed by atoms with van der Waals surface area (Å²) in [6, 6.07) is 6.78. The summed E-state index contributed by atoms with van der Waals surface area (Å²) in [6.07, 6.45) is 2.94. The van der Waals surface area contributed by atoms with E-state index in [1.807, 2.05) is 7.05 Å². The van der Waals surface area contributed by atoms with Crippen molar-refractivity contribution in [3.05, 3.63) is 30.1 Å². The maximum atomic E-state index is 13.3. The maximum absolute atomic E-state index is 13.3. The zero-order chi connectivity index (χ0) is 12.7. The Balaban J connectivity index is 2.33. The monoisotopic (exact) mass is 257 g/mol. The van der Waals surface area contributed by atoms with Crippen molar-refractivity contribution >= 4 is 10.8 Å². The van der Waals surface area contributed by atoms with E-state index >= 15 is 0 Å². The fourth-order valence-electron chi connectivity index (χ4n) is 1.57. The second kappa shape index (κ2) is 7.56. The normalized spacial score (nSPS) is 14.5. The number of benzene rings is 1. The van der Waals surface area contributed by atoms with Gasteiger partial charge in [-0.25, -0.2) is 4.39 Å². The first-order valence-corrected chi connectivity index (χ1v) is 7.27. The molecule has 0 heterocycles. The molecule has 2 unspecified atom stereocenters. The molecular weight excluding hydrogens is 237 g/mol. The molecule has 0 fully saturated rings. The minimum Gasteiger partial charge on any atom is -0.317 e. The Bertz CT molecular complexity index is 370. The number of hydrogen-bond acceptors (Lipinski definition) is 2. The lowest BCUT2D eigenvalue weighted by molar-refractivity contribution is 0.537. The molecule has 0 aliphatic heterocycles. The minimum atomic E-state index is -1.21. The molecule has 17 heavy (non-hydrogen) atoms. The number of hydrogen-bond donors (Lipinski definition) is 1. The summed E-state index contributed by atoms with van der Waals surface area (Å²) in [4.78, 5) is 0.328. The second-order valence-corrected chi connectivity index (χ2v) is 5.70. The minimum absolute atomic E-state index is 0.328. The molecule has 0 spiro atoms. The van der Waals surface area contributed by atoms with Gasteiger partial charge < -0.3 is 5.32 Å². The van der Waals surface area contributed by atoms with Gasteiger partial charge in [-0.05, 0) is 38.9 Å². The molecule has 0 amide bonds. The van der Waals surface area contributed by atoms with E-state index in [9.17, 15) is 8.60 Å². The summed E-state index contributed by atoms with van der Waals surface area (Å²) in [5.41, 5.74) is 0. The van der Waals surface area contributed by atoms with E-state index in [1.54, 1.807) is 18.2 Å². The van der Waals surface area contributed by atoms with Crippen LogP contribution in [0, 0.1) is 5.82 Å². The van der Waals surface area contributed by atoms with Crippen molar-refractivity contribution in [3.8, 4) is 0 Å². The van der Waals surface area contributed by atoms with Gasteiger partial charge in [0.1, 0.15) is 5.82 Å². The van der Waals surface area contributed by atoms with Gasteiger partial charge in [0, 0.05) is 11.8 Å². The van der Waals surface area contributed by atoms with E-state index in [-0.39, 0.29) is 5.82 Å². The van der Waals surface area contributed by atoms with Gasteiger partial charge in [0.25, 0.3) is 0 Å². The Kier molecular flexibility index (Phi) is 6.37. The van der Waals surface area contributed by atoms with Crippen LogP contribution in [0.25, 0.3) is 0 Å². The summed E-state index contributed by atoms with van der Waals surface area (Å²) in [7, 11) is 0.726. The standard InChI is InChI=1S/C13H20FNOS/c1-11(15-2)7-5-6-10-17(16)13-9-4-3-8-12(13)14/h3-4,8-9,11,15H,5-7,10H2,1-2H3. The van der Waals surface area contributed by atoms with E-state index in [2.05, 4.69) is 12.2 Å². The molecule has 1 aromatic carbocycles. The first-order chi connectivity index (χ1) is 8.15. The lowest BCUT2D eigenvalue weighted by Gasteiger charge is -2.09. The number of nitrogens with one attached hydrogen (secondary N) is 1. The Hall–Kier alpha value is -0.740. The third kappa shape index (κ3) is 4.96. The van der Waals surface area contributed by atoms with Crippen molar-refractivity contribution < 1.29 is 8.60 Å². The molecular formula is C13H20FNOS. The number of halogens is 1. The van der Waals surface area contributed by atoms with E-state index in [1.165, 1.54) is 6.07 Å². The molecule has 4 heteroatoms. The molecule has 1 N–H and O–H groups in total. The van der Waals surface area contributed by atoms with Gasteiger partial charge in [-0.1, -0.05) is 18.6 Å². The molecule has 0 radical (unpaired) electrons. The molecule has 0 aliphatic carbocycles. The van der Waals surface area contributed by atoms with Crippen LogP contribution >= 0.6 is 0 Å². The molecule has 0 aromatic heterocycles. The fraction of sp³-hybridized carbons (Fsp3) is 0.538. The SMILES string of the molecule is CNC(C)CCCCS(=O)c1ccccc1F. The second-order valence-electron chi connectivity index (χ2n) is 4.17. The highest BCUT2D eigenvalue weighted by Crippen LogP contribution is 2.13. The average molecular weight is 257 g/mol. The Morgan fingerprint density at radius 3 is 2.71 bits per heavy atom. The summed E-state index contributed by atoms with van der Waals surface area (Å²) >= 11 is 0. The predicted octanol–water partition coefficient (Wildman–Crippen LogP) is 2.71. The Morgan fingerprint density at radius 1 is 1.35 bits per heavy atom. The van der Waals surface area contributed by atoms with E-state index in [0.29, 0.717) is 16.7 Å². The predicted molar refractivity (Wildman–Crippen MR) is 70.0 cm³/mol. The molecule has 1 rings (SSSR count). The van der Waals surface area contributed by atoms with Crippen LogP contribution in [0.4, 0.5) is 4.39 Å². The Morgan fingerprint density at radius 2 is 2.06 bits per heavy atom. The molecule has 2 atom stereocenters. The highest BCUT2D eigenvalue weighted by Gasteiger charge is 2.08. The van der Waals surface area contributed by atoms with Gasteiger partial charge in [-0.15, -0.1) is 0 Å². The summed E-state index contributed by atoms with van der Waals surface area (Å²) in [5, 5.41) is 3.16. The van der Waals surface area contributed by atoms with E-state index in [4.69, 9.17) is 0 Å². The van der Waals surface area contributed by atoms with Crippen molar-refractivity contribution in [1.82, 2.24) is 5.32 Å². The third-order valence-electron chi connectivity index (χ3n) is 2.79. The van der Waals surface area contributed by atoms with Crippen LogP contribution in [0.15, 0.2) is 29.2 Å². The zero-order valence-electron chi connectivity index (χ0n) is 10.4. The topological polar surface area (TPSA) is 29.1 Å². The average Bonchev–Trinajstić information content (AvgIpc) is 2.34. The molecule has 1 aromatic rings. The molecule has 0 aliphatic rings. The van der Waals surface area contributed by atoms with Crippen LogP contribution in [-0.4, -0.2) is 23.1 Å². The van der Waals surface area contributed by atoms with Crippen molar-refractivity contribution in [2.24, 2.45) is 0 Å². The Labute approximate surface area is 105 Å². The van der Waals surface area contributed by atoms with Crippen molar-refractivity contribution in [2.45, 2.75) is 37.1 Å². The van der Waals surface area contributed by atoms with Crippen LogP contribution in [0.5, 0.6) is 0 Å². The van der Waals surface area contributed by atoms with Crippen molar-refractivity contribution in [3.63, 3.8) is 0 Å². The number of unbranched alkanes of at least 4 members (excludes halogenated alkanes) is 1. The fourth-order valence-corrected chi connectivity index (χ4v) is 2.77. The van der Waals surface area contributed by atoms with Gasteiger partial charge in [-0.2, -0.15) is 0 Å². The largest absolute Gasteiger partial charge is 0.317 e. The van der Waals surface area contributed by atoms with Crippen LogP contribution in [-0.2, 0) is 10.8 Å². The van der Waals surface area contributed by atoms with Crippen LogP contribution < -0.4 is 5.32 Å². The van der Waals surface area contributed by atoms with E-state index in [0.717, 1.165) is 19.3 Å². The van der Waals surface area contributed by atoms with E-state index < -0.39 is 10.8 Å². The molecule has 0 bridgehead atoms. The van der Waals surface area contributed by atoms with Gasteiger partial charge in [0.15, 0.2) is 0 Å². The molecule has 0 saturated carbocycles. The zero-order valence-corrected chi connectivity index (χ0v) is 11.2.